The molecule has 0 spiro atoms. The lowest BCUT2D eigenvalue weighted by Gasteiger charge is -2.27. The molecule has 0 bridgehead atoms. The van der Waals surface area contributed by atoms with E-state index in [1.54, 1.807) is 0 Å². The topological polar surface area (TPSA) is 30.9 Å². The van der Waals surface area contributed by atoms with E-state index < -0.39 is 0 Å². The molecule has 2 nitrogen and oxygen atoms in total. The van der Waals surface area contributed by atoms with Crippen LogP contribution in [0.2, 0.25) is 0 Å². The molecule has 4 rings (SSSR count). The van der Waals surface area contributed by atoms with Crippen LogP contribution in [-0.4, -0.2) is 11.1 Å². The molecule has 1 saturated carbocycles. The number of hydrogen-bond acceptors (Lipinski definition) is 1. The molecule has 1 aliphatic carbocycles. The largest absolute Gasteiger partial charge is 0.343 e. The highest BCUT2D eigenvalue weighted by molar-refractivity contribution is 5.84. The Hall–Kier alpha value is -2.06. The number of aromatic nitrogens is 1. The molecule has 3 aromatic rings. The summed E-state index contributed by atoms with van der Waals surface area (Å²) in [6, 6.07) is 19.6. The minimum absolute atomic E-state index is 0.690. The Balaban J connectivity index is 1.67. The van der Waals surface area contributed by atoms with Gasteiger partial charge in [-0.05, 0) is 61.3 Å². The fraction of sp³-hybridized carbons (Fsp3) is 0.364. The van der Waals surface area contributed by atoms with Gasteiger partial charge >= 0.3 is 0 Å². The predicted molar refractivity (Wildman–Crippen MR) is 101 cm³/mol. The van der Waals surface area contributed by atoms with Crippen LogP contribution in [0.1, 0.15) is 42.7 Å². The summed E-state index contributed by atoms with van der Waals surface area (Å²) in [7, 11) is 0. The van der Waals surface area contributed by atoms with Crippen molar-refractivity contribution in [2.24, 2.45) is 11.7 Å². The van der Waals surface area contributed by atoms with Gasteiger partial charge in [0.1, 0.15) is 0 Å². The molecule has 0 amide bonds. The fourth-order valence-corrected chi connectivity index (χ4v) is 4.22. The molecule has 1 fully saturated rings. The zero-order valence-electron chi connectivity index (χ0n) is 14.2. The Kier molecular flexibility index (Phi) is 4.40. The number of para-hydroxylation sites is 1. The minimum atomic E-state index is 0.690. The van der Waals surface area contributed by atoms with Gasteiger partial charge in [-0.25, -0.2) is 0 Å². The third-order valence-corrected chi connectivity index (χ3v) is 5.64. The van der Waals surface area contributed by atoms with Crippen LogP contribution in [0.4, 0.5) is 0 Å². The molecule has 1 heterocycles. The van der Waals surface area contributed by atoms with Gasteiger partial charge in [0, 0.05) is 23.6 Å². The Morgan fingerprint density at radius 3 is 2.33 bits per heavy atom. The van der Waals surface area contributed by atoms with Crippen LogP contribution in [0.5, 0.6) is 0 Å². The van der Waals surface area contributed by atoms with Crippen molar-refractivity contribution in [1.29, 1.82) is 0 Å². The average molecular weight is 318 g/mol. The molecule has 0 aliphatic heterocycles. The molecule has 1 aromatic heterocycles. The van der Waals surface area contributed by atoms with Crippen LogP contribution in [0.3, 0.4) is 0 Å². The van der Waals surface area contributed by atoms with E-state index in [0.717, 1.165) is 19.0 Å². The SMILES string of the molecule is NCC1CCC(c2cn(Cc3ccccc3)c3ccccc23)CC1. The zero-order valence-corrected chi connectivity index (χ0v) is 14.2. The van der Waals surface area contributed by atoms with Crippen molar-refractivity contribution < 1.29 is 0 Å². The van der Waals surface area contributed by atoms with Crippen LogP contribution < -0.4 is 5.73 Å². The highest BCUT2D eigenvalue weighted by Crippen LogP contribution is 2.39. The number of fused-ring (bicyclic) bond motifs is 1. The monoisotopic (exact) mass is 318 g/mol. The van der Waals surface area contributed by atoms with Crippen molar-refractivity contribution in [3.05, 3.63) is 71.9 Å². The highest BCUT2D eigenvalue weighted by Gasteiger charge is 2.24. The summed E-state index contributed by atoms with van der Waals surface area (Å²) in [5.41, 5.74) is 10.1. The second-order valence-electron chi connectivity index (χ2n) is 7.17. The number of hydrogen-bond donors (Lipinski definition) is 1. The summed E-state index contributed by atoms with van der Waals surface area (Å²) in [4.78, 5) is 0. The fourth-order valence-electron chi connectivity index (χ4n) is 4.22. The van der Waals surface area contributed by atoms with Gasteiger partial charge in [-0.3, -0.25) is 0 Å². The van der Waals surface area contributed by atoms with Crippen LogP contribution in [-0.2, 0) is 6.54 Å². The molecule has 124 valence electrons. The Bertz CT molecular complexity index is 795. The number of benzene rings is 2. The molecular weight excluding hydrogens is 292 g/mol. The van der Waals surface area contributed by atoms with Crippen molar-refractivity contribution in [3.63, 3.8) is 0 Å². The van der Waals surface area contributed by atoms with E-state index in [0.29, 0.717) is 5.92 Å². The first-order valence-corrected chi connectivity index (χ1v) is 9.17. The molecule has 2 aromatic carbocycles. The summed E-state index contributed by atoms with van der Waals surface area (Å²) < 4.78 is 2.43. The van der Waals surface area contributed by atoms with Gasteiger partial charge in [-0.15, -0.1) is 0 Å². The van der Waals surface area contributed by atoms with Gasteiger partial charge in [0.2, 0.25) is 0 Å². The van der Waals surface area contributed by atoms with Crippen LogP contribution >= 0.6 is 0 Å². The molecule has 0 atom stereocenters. The van der Waals surface area contributed by atoms with E-state index >= 15 is 0 Å². The first-order valence-electron chi connectivity index (χ1n) is 9.17. The van der Waals surface area contributed by atoms with E-state index in [2.05, 4.69) is 65.4 Å². The van der Waals surface area contributed by atoms with Crippen LogP contribution in [0, 0.1) is 5.92 Å². The summed E-state index contributed by atoms with van der Waals surface area (Å²) >= 11 is 0. The normalized spacial score (nSPS) is 21.2. The number of rotatable bonds is 4. The summed E-state index contributed by atoms with van der Waals surface area (Å²) in [6.07, 6.45) is 7.52. The Labute approximate surface area is 144 Å². The summed E-state index contributed by atoms with van der Waals surface area (Å²) in [6.45, 7) is 1.79. The first-order chi connectivity index (χ1) is 11.8. The Morgan fingerprint density at radius 2 is 1.58 bits per heavy atom. The lowest BCUT2D eigenvalue weighted by molar-refractivity contribution is 0.333. The van der Waals surface area contributed by atoms with E-state index in [-0.39, 0.29) is 0 Å². The third kappa shape index (κ3) is 2.99. The van der Waals surface area contributed by atoms with Gasteiger partial charge in [-0.2, -0.15) is 0 Å². The molecule has 24 heavy (non-hydrogen) atoms. The lowest BCUT2D eigenvalue weighted by Crippen LogP contribution is -2.20. The van der Waals surface area contributed by atoms with Crippen LogP contribution in [0.25, 0.3) is 10.9 Å². The molecule has 0 radical (unpaired) electrons. The minimum Gasteiger partial charge on any atom is -0.343 e. The van der Waals surface area contributed by atoms with Gasteiger partial charge in [0.05, 0.1) is 0 Å². The average Bonchev–Trinajstić information content (AvgIpc) is 3.01. The van der Waals surface area contributed by atoms with Crippen molar-refractivity contribution in [2.45, 2.75) is 38.1 Å². The second-order valence-corrected chi connectivity index (χ2v) is 7.17. The van der Waals surface area contributed by atoms with Gasteiger partial charge in [0.25, 0.3) is 0 Å². The van der Waals surface area contributed by atoms with Crippen molar-refractivity contribution >= 4 is 10.9 Å². The number of nitrogens with zero attached hydrogens (tertiary/aromatic N) is 1. The third-order valence-electron chi connectivity index (χ3n) is 5.64. The standard InChI is InChI=1S/C22H26N2/c23-14-17-10-12-19(13-11-17)21-16-24(15-18-6-2-1-3-7-18)22-9-5-4-8-20(21)22/h1-9,16-17,19H,10-15,23H2. The van der Waals surface area contributed by atoms with E-state index in [9.17, 15) is 0 Å². The summed E-state index contributed by atoms with van der Waals surface area (Å²) in [5, 5.41) is 1.43. The smallest absolute Gasteiger partial charge is 0.0486 e. The molecule has 2 N–H and O–H groups in total. The van der Waals surface area contributed by atoms with Gasteiger partial charge < -0.3 is 10.3 Å². The summed E-state index contributed by atoms with van der Waals surface area (Å²) in [5.74, 6) is 1.42. The van der Waals surface area contributed by atoms with E-state index in [1.165, 1.54) is 47.7 Å². The van der Waals surface area contributed by atoms with Crippen molar-refractivity contribution in [3.8, 4) is 0 Å². The van der Waals surface area contributed by atoms with Crippen molar-refractivity contribution in [2.75, 3.05) is 6.54 Å². The maximum absolute atomic E-state index is 5.86. The van der Waals surface area contributed by atoms with Crippen LogP contribution in [0.15, 0.2) is 60.8 Å². The van der Waals surface area contributed by atoms with Gasteiger partial charge in [0.15, 0.2) is 0 Å². The zero-order chi connectivity index (χ0) is 16.4. The van der Waals surface area contributed by atoms with E-state index in [4.69, 9.17) is 5.73 Å². The second kappa shape index (κ2) is 6.82. The maximum atomic E-state index is 5.86. The highest BCUT2D eigenvalue weighted by atomic mass is 15.0. The number of nitrogens with two attached hydrogens (primary N) is 1. The quantitative estimate of drug-likeness (QED) is 0.727. The lowest BCUT2D eigenvalue weighted by atomic mass is 9.79. The van der Waals surface area contributed by atoms with Crippen molar-refractivity contribution in [1.82, 2.24) is 4.57 Å². The Morgan fingerprint density at radius 1 is 0.875 bits per heavy atom. The maximum Gasteiger partial charge on any atom is 0.0486 e. The molecule has 2 heteroatoms. The molecule has 1 aliphatic rings. The van der Waals surface area contributed by atoms with E-state index in [1.807, 2.05) is 0 Å². The molecule has 0 saturated heterocycles. The first kappa shape index (κ1) is 15.5. The predicted octanol–water partition coefficient (Wildman–Crippen LogP) is 4.92. The molecule has 0 unspecified atom stereocenters. The van der Waals surface area contributed by atoms with Gasteiger partial charge in [-0.1, -0.05) is 48.5 Å². The molecular formula is C22H26N2.